The van der Waals surface area contributed by atoms with E-state index in [4.69, 9.17) is 87.3 Å². The molecule has 0 aromatic heterocycles. The summed E-state index contributed by atoms with van der Waals surface area (Å²) in [5.41, 5.74) is 15.5. The van der Waals surface area contributed by atoms with Gasteiger partial charge in [0.1, 0.15) is 36.6 Å². The van der Waals surface area contributed by atoms with E-state index in [0.29, 0.717) is 109 Å². The molecule has 17 rings (SSSR count). The van der Waals surface area contributed by atoms with Gasteiger partial charge in [-0.3, -0.25) is 4.79 Å². The van der Waals surface area contributed by atoms with Crippen LogP contribution in [0.1, 0.15) is 116 Å². The first-order valence-corrected chi connectivity index (χ1v) is 30.2. The molecule has 17 fully saturated rings. The maximum absolute atomic E-state index is 14.4. The summed E-state index contributed by atoms with van der Waals surface area (Å²) >= 11 is 0. The zero-order valence-corrected chi connectivity index (χ0v) is 45.1. The van der Waals surface area contributed by atoms with E-state index in [1.165, 1.54) is 0 Å². The zero-order valence-electron chi connectivity index (χ0n) is 45.1. The Labute approximate surface area is 464 Å². The average Bonchev–Trinajstić information content (AvgIpc) is 2.56. The molecule has 32 atom stereocenters. The number of fused-ring (bicyclic) bond motifs is 11. The lowest BCUT2D eigenvalue weighted by molar-refractivity contribution is -0.356. The van der Waals surface area contributed by atoms with E-state index in [-0.39, 0.29) is 105 Å². The second-order valence-corrected chi connectivity index (χ2v) is 26.7. The molecule has 80 heavy (non-hydrogen) atoms. The number of carbonyl (C=O) groups is 1. The third-order valence-electron chi connectivity index (χ3n) is 21.7. The first kappa shape index (κ1) is 53.6. The van der Waals surface area contributed by atoms with Crippen molar-refractivity contribution >= 4 is 5.97 Å². The van der Waals surface area contributed by atoms with Crippen LogP contribution >= 0.6 is 0 Å². The number of ether oxygens (including phenoxy) is 16. The first-order valence-electron chi connectivity index (χ1n) is 30.2. The maximum Gasteiger partial charge on any atom is 0.308 e. The number of aliphatic hydroxyl groups is 4. The Hall–Kier alpha value is -1.89. The highest BCUT2D eigenvalue weighted by Gasteiger charge is 2.79. The number of esters is 1. The van der Waals surface area contributed by atoms with Crippen molar-refractivity contribution in [3.63, 3.8) is 0 Å². The minimum atomic E-state index is -2.04. The highest BCUT2D eigenvalue weighted by molar-refractivity contribution is 5.70. The Kier molecular flexibility index (Phi) is 13.1. The first-order chi connectivity index (χ1) is 38.5. The monoisotopic (exact) mass is 1130 g/mol. The van der Waals surface area contributed by atoms with Gasteiger partial charge in [0, 0.05) is 75.8 Å². The topological polar surface area (TPSA) is 298 Å². The van der Waals surface area contributed by atoms with Gasteiger partial charge >= 0.3 is 5.97 Å². The molecule has 0 saturated carbocycles. The molecular weight excluding hydrogens is 1050 g/mol. The van der Waals surface area contributed by atoms with Crippen molar-refractivity contribution in [3.8, 4) is 0 Å². The summed E-state index contributed by atoms with van der Waals surface area (Å²) in [6.07, 6.45) is -4.43. The van der Waals surface area contributed by atoms with Crippen molar-refractivity contribution < 1.29 is 101 Å². The summed E-state index contributed by atoms with van der Waals surface area (Å²) in [6.45, 7) is 8.77. The molecule has 0 amide bonds. The van der Waals surface area contributed by atoms with Crippen molar-refractivity contribution in [2.24, 2.45) is 17.4 Å². The van der Waals surface area contributed by atoms with Crippen LogP contribution in [0.3, 0.4) is 0 Å². The van der Waals surface area contributed by atoms with Crippen LogP contribution in [0.25, 0.3) is 0 Å². The number of nitrogens with two attached hydrogens (primary N) is 2. The Morgan fingerprint density at radius 1 is 0.562 bits per heavy atom. The minimum Gasteiger partial charge on any atom is -0.459 e. The molecular formula is C57H80N2O21. The van der Waals surface area contributed by atoms with Crippen LogP contribution in [-0.2, 0) is 80.6 Å². The quantitative estimate of drug-likeness (QED) is 0.161. The van der Waals surface area contributed by atoms with Gasteiger partial charge in [0.05, 0.1) is 130 Å². The molecule has 12 bridgehead atoms. The van der Waals surface area contributed by atoms with E-state index in [1.807, 2.05) is 0 Å². The third-order valence-corrected chi connectivity index (χ3v) is 21.7. The second kappa shape index (κ2) is 19.6. The molecule has 17 aliphatic heterocycles. The van der Waals surface area contributed by atoms with E-state index < -0.39 is 115 Å². The Morgan fingerprint density at radius 3 is 2.15 bits per heavy atom. The van der Waals surface area contributed by atoms with Crippen molar-refractivity contribution in [2.45, 2.75) is 303 Å². The highest BCUT2D eigenvalue weighted by Crippen LogP contribution is 2.59. The summed E-state index contributed by atoms with van der Waals surface area (Å²) in [6, 6.07) is -0.703. The van der Waals surface area contributed by atoms with Gasteiger partial charge in [-0.05, 0) is 62.5 Å². The lowest BCUT2D eigenvalue weighted by atomic mass is 9.82. The molecule has 0 aromatic carbocycles. The molecule has 3 spiro atoms. The molecule has 17 aliphatic rings. The van der Waals surface area contributed by atoms with Gasteiger partial charge in [-0.15, -0.1) is 0 Å². The minimum absolute atomic E-state index is 0.0497. The van der Waals surface area contributed by atoms with Gasteiger partial charge in [-0.25, -0.2) is 0 Å². The number of aliphatic hydroxyl groups excluding tert-OH is 3. The lowest BCUT2D eigenvalue weighted by Gasteiger charge is -2.53. The van der Waals surface area contributed by atoms with Crippen molar-refractivity contribution in [1.29, 1.82) is 0 Å². The van der Waals surface area contributed by atoms with Crippen LogP contribution in [0.15, 0.2) is 24.3 Å². The number of hydrogen-bond acceptors (Lipinski definition) is 23. The van der Waals surface area contributed by atoms with Crippen LogP contribution in [0, 0.1) is 5.92 Å². The van der Waals surface area contributed by atoms with E-state index in [1.54, 1.807) is 0 Å². The number of hydrogen-bond donors (Lipinski definition) is 6. The highest BCUT2D eigenvalue weighted by atomic mass is 16.8. The van der Waals surface area contributed by atoms with Gasteiger partial charge in [0.2, 0.25) is 11.6 Å². The fourth-order valence-electron chi connectivity index (χ4n) is 17.8. The normalized spacial score (nSPS) is 58.9. The zero-order chi connectivity index (χ0) is 54.4. The van der Waals surface area contributed by atoms with Gasteiger partial charge in [-0.1, -0.05) is 13.2 Å². The van der Waals surface area contributed by atoms with Crippen LogP contribution in [-0.4, -0.2) is 227 Å². The molecule has 444 valence electrons. The van der Waals surface area contributed by atoms with Crippen LogP contribution < -0.4 is 11.5 Å². The molecule has 4 unspecified atom stereocenters. The second-order valence-electron chi connectivity index (χ2n) is 26.7. The SMILES string of the molecule is C=C1C[C@@H]2CC[C@]34OC5[C@@H]6O[C@H]7CC[C@H](CC(=O)O[C@@H]8CC9OC%10C[C@]%11(C[C@@H]%12O[C@@]%13(CC[C@@H]%12O%11)C[C@H](N)[C@@H]%11O[C@@H]%12[C@@H]([C@@H](O)CO)CO[C@@H]%12C[C@@H]%11O%13)O[C@@H]%10C[C@@H]9O[C@H]8C[C@H]8O[C@@H](CC[C@@H]1O2)C[C@@H](N)C8=C)O[C@@H]7[C@H](O3)[C@@H]6OC5(O)[C@H]4O. The van der Waals surface area contributed by atoms with Crippen molar-refractivity contribution in [1.82, 2.24) is 0 Å². The Morgan fingerprint density at radius 2 is 1.29 bits per heavy atom. The number of rotatable bonds is 2. The van der Waals surface area contributed by atoms with Gasteiger partial charge in [0.25, 0.3) is 0 Å². The number of carbonyl (C=O) groups excluding carboxylic acids is 1. The smallest absolute Gasteiger partial charge is 0.308 e. The molecule has 23 heteroatoms. The summed E-state index contributed by atoms with van der Waals surface area (Å²) in [4.78, 5) is 14.4. The van der Waals surface area contributed by atoms with Crippen molar-refractivity contribution in [2.75, 3.05) is 13.2 Å². The molecule has 17 heterocycles. The van der Waals surface area contributed by atoms with Gasteiger partial charge in [0.15, 0.2) is 17.7 Å². The summed E-state index contributed by atoms with van der Waals surface area (Å²) < 4.78 is 107. The molecule has 0 aromatic rings. The van der Waals surface area contributed by atoms with Crippen LogP contribution in [0.4, 0.5) is 0 Å². The lowest BCUT2D eigenvalue weighted by Crippen LogP contribution is -2.65. The fraction of sp³-hybridized carbons (Fsp3) is 0.912. The predicted octanol–water partition coefficient (Wildman–Crippen LogP) is 0.371. The molecule has 0 aliphatic carbocycles. The third kappa shape index (κ3) is 8.63. The summed E-state index contributed by atoms with van der Waals surface area (Å²) in [7, 11) is 0. The standard InChI is InChI=1S/C57H80N2O21/c1-23-11-27-7-10-56-53(63)57(64)52(80-56)51-50(79-57)49(78-56)48-34(72-51)6-4-26(68-48)13-45(62)71-39-15-37-38(69-36(39)14-35-24(2)29(58)12-25(67-35)3-5-32(23)66-27)16-40-43(70-37)19-55(75-40)20-44-33(74-55)8-9-54(77-44)18-30(59)47-42(76-54)17-41-46(73-47)28(22-65-41)31(61)21-60/h25-44,46-53,60-61,63-64H,1-22,58-59H2/t25-,26+,27-,28+,29+,30-,31-,32-,33-,34-,35+,36-,37?,38-,39+,40+,41+,42-,43?,44-,46+,47-,48-,49-,50-,51+,52?,53-,54-,55+,56+,57?/m0/s1. The van der Waals surface area contributed by atoms with E-state index in [0.717, 1.165) is 11.1 Å². The van der Waals surface area contributed by atoms with E-state index in [2.05, 4.69) is 13.2 Å². The molecule has 8 N–H and O–H groups in total. The van der Waals surface area contributed by atoms with Gasteiger partial charge in [-0.2, -0.15) is 0 Å². The average molecular weight is 1130 g/mol. The predicted molar refractivity (Wildman–Crippen MR) is 267 cm³/mol. The van der Waals surface area contributed by atoms with Gasteiger partial charge < -0.3 is 108 Å². The Bertz CT molecular complexity index is 2450. The fourth-order valence-corrected chi connectivity index (χ4v) is 17.8. The van der Waals surface area contributed by atoms with E-state index in [9.17, 15) is 25.2 Å². The summed E-state index contributed by atoms with van der Waals surface area (Å²) in [5.74, 6) is -6.32. The summed E-state index contributed by atoms with van der Waals surface area (Å²) in [5, 5.41) is 43.9. The molecule has 23 nitrogen and oxygen atoms in total. The maximum atomic E-state index is 14.4. The van der Waals surface area contributed by atoms with E-state index >= 15 is 0 Å². The largest absolute Gasteiger partial charge is 0.459 e. The van der Waals surface area contributed by atoms with Crippen LogP contribution in [0.5, 0.6) is 0 Å². The Balaban J connectivity index is 0.619. The van der Waals surface area contributed by atoms with Crippen LogP contribution in [0.2, 0.25) is 0 Å². The molecule has 17 saturated heterocycles. The van der Waals surface area contributed by atoms with Crippen molar-refractivity contribution in [3.05, 3.63) is 24.3 Å². The molecule has 0 radical (unpaired) electrons.